The summed E-state index contributed by atoms with van der Waals surface area (Å²) in [6.45, 7) is 19.6. The second-order valence-corrected chi connectivity index (χ2v) is 12.7. The standard InChI is InChI=1S/C34H42N4/c1-25-26(2)38(24-37(25)30-18-14-28(15-19-30)34(6,7)8)32-11-9-10-31(22-32)36-21-20-35(23-36)29-16-12-27(13-17-29)33(3,4)5/h9-22H,23-24H2,1-8H3. The second kappa shape index (κ2) is 9.58. The van der Waals surface area contributed by atoms with Gasteiger partial charge >= 0.3 is 0 Å². The lowest BCUT2D eigenvalue weighted by Gasteiger charge is -2.27. The molecule has 2 heterocycles. The molecule has 0 aliphatic carbocycles. The molecular weight excluding hydrogens is 464 g/mol. The van der Waals surface area contributed by atoms with Crippen molar-refractivity contribution in [2.45, 2.75) is 66.2 Å². The molecule has 0 saturated carbocycles. The van der Waals surface area contributed by atoms with Crippen molar-refractivity contribution in [3.8, 4) is 0 Å². The summed E-state index contributed by atoms with van der Waals surface area (Å²) in [6.07, 6.45) is 4.35. The first kappa shape index (κ1) is 26.0. The molecule has 2 aliphatic heterocycles. The van der Waals surface area contributed by atoms with Crippen LogP contribution in [-0.2, 0) is 10.8 Å². The van der Waals surface area contributed by atoms with Gasteiger partial charge in [0.25, 0.3) is 0 Å². The highest BCUT2D eigenvalue weighted by Crippen LogP contribution is 2.36. The van der Waals surface area contributed by atoms with Crippen LogP contribution in [0.1, 0.15) is 66.5 Å². The Bertz CT molecular complexity index is 1350. The zero-order valence-electron chi connectivity index (χ0n) is 24.3. The van der Waals surface area contributed by atoms with Gasteiger partial charge in [0.15, 0.2) is 0 Å². The largest absolute Gasteiger partial charge is 0.328 e. The smallest absolute Gasteiger partial charge is 0.0994 e. The molecule has 0 radical (unpaired) electrons. The molecule has 0 fully saturated rings. The van der Waals surface area contributed by atoms with Crippen LogP contribution in [0.25, 0.3) is 0 Å². The van der Waals surface area contributed by atoms with Crippen LogP contribution in [0.2, 0.25) is 0 Å². The Balaban J connectivity index is 1.31. The predicted octanol–water partition coefficient (Wildman–Crippen LogP) is 8.57. The fraction of sp³-hybridized carbons (Fsp3) is 0.353. The molecule has 0 spiro atoms. The SMILES string of the molecule is CC1=C(C)N(c2cccc(N3C=CN(c4ccc(C(C)(C)C)cc4)C3)c2)CN1c1ccc(C(C)(C)C)cc1. The molecule has 38 heavy (non-hydrogen) atoms. The minimum Gasteiger partial charge on any atom is -0.328 e. The lowest BCUT2D eigenvalue weighted by Crippen LogP contribution is -2.28. The Morgan fingerprint density at radius 2 is 0.947 bits per heavy atom. The number of rotatable bonds is 4. The molecule has 0 atom stereocenters. The highest BCUT2D eigenvalue weighted by atomic mass is 15.4. The van der Waals surface area contributed by atoms with E-state index < -0.39 is 0 Å². The number of nitrogens with zero attached hydrogens (tertiary/aromatic N) is 4. The van der Waals surface area contributed by atoms with Gasteiger partial charge in [-0.15, -0.1) is 0 Å². The molecule has 0 bridgehead atoms. The number of hydrogen-bond acceptors (Lipinski definition) is 4. The van der Waals surface area contributed by atoms with Gasteiger partial charge in [0.2, 0.25) is 0 Å². The van der Waals surface area contributed by atoms with E-state index in [9.17, 15) is 0 Å². The van der Waals surface area contributed by atoms with Gasteiger partial charge in [0.1, 0.15) is 0 Å². The predicted molar refractivity (Wildman–Crippen MR) is 164 cm³/mol. The number of benzene rings is 3. The van der Waals surface area contributed by atoms with Crippen molar-refractivity contribution in [3.63, 3.8) is 0 Å². The summed E-state index contributed by atoms with van der Waals surface area (Å²) in [5.41, 5.74) is 10.5. The lowest BCUT2D eigenvalue weighted by molar-refractivity contribution is 0.590. The molecular formula is C34H42N4. The molecule has 4 heteroatoms. The topological polar surface area (TPSA) is 13.0 Å². The quantitative estimate of drug-likeness (QED) is 0.351. The van der Waals surface area contributed by atoms with Crippen LogP contribution in [0, 0.1) is 0 Å². The maximum absolute atomic E-state index is 2.42. The van der Waals surface area contributed by atoms with Crippen molar-refractivity contribution in [1.82, 2.24) is 0 Å². The number of allylic oxidation sites excluding steroid dienone is 2. The Kier molecular flexibility index (Phi) is 6.54. The zero-order chi connectivity index (χ0) is 27.2. The van der Waals surface area contributed by atoms with Gasteiger partial charge in [-0.25, -0.2) is 0 Å². The second-order valence-electron chi connectivity index (χ2n) is 12.7. The molecule has 0 amide bonds. The van der Waals surface area contributed by atoms with E-state index in [2.05, 4.69) is 160 Å². The van der Waals surface area contributed by atoms with Crippen LogP contribution in [0.15, 0.2) is 96.6 Å². The summed E-state index contributed by atoms with van der Waals surface area (Å²) < 4.78 is 0. The Hall–Kier alpha value is -3.66. The monoisotopic (exact) mass is 506 g/mol. The van der Waals surface area contributed by atoms with Gasteiger partial charge in [-0.1, -0.05) is 71.9 Å². The van der Waals surface area contributed by atoms with Crippen molar-refractivity contribution >= 4 is 22.7 Å². The summed E-state index contributed by atoms with van der Waals surface area (Å²) in [6, 6.07) is 26.9. The third-order valence-corrected chi connectivity index (χ3v) is 7.93. The number of hydrogen-bond donors (Lipinski definition) is 0. The maximum atomic E-state index is 2.42. The average molecular weight is 507 g/mol. The molecule has 2 aliphatic rings. The van der Waals surface area contributed by atoms with Crippen LogP contribution < -0.4 is 19.6 Å². The highest BCUT2D eigenvalue weighted by molar-refractivity contribution is 5.69. The van der Waals surface area contributed by atoms with Crippen molar-refractivity contribution in [3.05, 3.63) is 108 Å². The Morgan fingerprint density at radius 1 is 0.500 bits per heavy atom. The van der Waals surface area contributed by atoms with Crippen molar-refractivity contribution in [2.24, 2.45) is 0 Å². The van der Waals surface area contributed by atoms with E-state index in [4.69, 9.17) is 0 Å². The van der Waals surface area contributed by atoms with Crippen LogP contribution in [0.5, 0.6) is 0 Å². The van der Waals surface area contributed by atoms with Gasteiger partial charge in [-0.2, -0.15) is 0 Å². The fourth-order valence-electron chi connectivity index (χ4n) is 5.18. The molecule has 3 aromatic rings. The normalized spacial score (nSPS) is 16.3. The van der Waals surface area contributed by atoms with E-state index in [0.717, 1.165) is 13.3 Å². The molecule has 0 saturated heterocycles. The summed E-state index contributed by atoms with van der Waals surface area (Å²) in [5.74, 6) is 0. The average Bonchev–Trinajstić information content (AvgIpc) is 3.49. The molecule has 198 valence electrons. The zero-order valence-corrected chi connectivity index (χ0v) is 24.3. The van der Waals surface area contributed by atoms with E-state index in [0.29, 0.717) is 0 Å². The lowest BCUT2D eigenvalue weighted by atomic mass is 9.87. The third-order valence-electron chi connectivity index (χ3n) is 7.93. The summed E-state index contributed by atoms with van der Waals surface area (Å²) in [5, 5.41) is 0. The first-order valence-corrected chi connectivity index (χ1v) is 13.7. The Labute approximate surface area is 229 Å². The molecule has 5 rings (SSSR count). The van der Waals surface area contributed by atoms with E-state index in [-0.39, 0.29) is 10.8 Å². The summed E-state index contributed by atoms with van der Waals surface area (Å²) >= 11 is 0. The van der Waals surface area contributed by atoms with Crippen molar-refractivity contribution < 1.29 is 0 Å². The van der Waals surface area contributed by atoms with Gasteiger partial charge < -0.3 is 19.6 Å². The van der Waals surface area contributed by atoms with E-state index in [1.54, 1.807) is 0 Å². The molecule has 0 aromatic heterocycles. The number of anilines is 4. The van der Waals surface area contributed by atoms with Gasteiger partial charge in [0.05, 0.1) is 13.3 Å². The first-order valence-electron chi connectivity index (χ1n) is 13.7. The first-order chi connectivity index (χ1) is 17.9. The maximum Gasteiger partial charge on any atom is 0.0994 e. The van der Waals surface area contributed by atoms with E-state index >= 15 is 0 Å². The van der Waals surface area contributed by atoms with Crippen LogP contribution in [0.3, 0.4) is 0 Å². The highest BCUT2D eigenvalue weighted by Gasteiger charge is 2.27. The molecule has 0 unspecified atom stereocenters. The van der Waals surface area contributed by atoms with E-state index in [1.165, 1.54) is 45.3 Å². The van der Waals surface area contributed by atoms with Gasteiger partial charge in [-0.05, 0) is 78.3 Å². The van der Waals surface area contributed by atoms with Crippen LogP contribution in [-0.4, -0.2) is 13.3 Å². The summed E-state index contributed by atoms with van der Waals surface area (Å²) in [7, 11) is 0. The van der Waals surface area contributed by atoms with Crippen LogP contribution in [0.4, 0.5) is 22.7 Å². The fourth-order valence-corrected chi connectivity index (χ4v) is 5.18. The van der Waals surface area contributed by atoms with Crippen LogP contribution >= 0.6 is 0 Å². The van der Waals surface area contributed by atoms with Gasteiger partial charge in [-0.3, -0.25) is 0 Å². The van der Waals surface area contributed by atoms with E-state index in [1.807, 2.05) is 0 Å². The third kappa shape index (κ3) is 5.05. The van der Waals surface area contributed by atoms with Crippen molar-refractivity contribution in [1.29, 1.82) is 0 Å². The minimum atomic E-state index is 0.159. The van der Waals surface area contributed by atoms with Crippen molar-refractivity contribution in [2.75, 3.05) is 32.9 Å². The molecule has 3 aromatic carbocycles. The Morgan fingerprint density at radius 3 is 1.47 bits per heavy atom. The minimum absolute atomic E-state index is 0.159. The van der Waals surface area contributed by atoms with Gasteiger partial charge in [0, 0.05) is 46.5 Å². The summed E-state index contributed by atoms with van der Waals surface area (Å²) in [4.78, 5) is 9.44. The molecule has 0 N–H and O–H groups in total. The molecule has 4 nitrogen and oxygen atoms in total.